The van der Waals surface area contributed by atoms with Gasteiger partial charge in [0.05, 0.1) is 5.69 Å². The lowest BCUT2D eigenvalue weighted by Gasteiger charge is -2.40. The van der Waals surface area contributed by atoms with Gasteiger partial charge in [-0.1, -0.05) is 5.21 Å². The van der Waals surface area contributed by atoms with Crippen LogP contribution in [0.3, 0.4) is 0 Å². The molecule has 1 fully saturated rings. The van der Waals surface area contributed by atoms with Crippen molar-refractivity contribution < 1.29 is 13.2 Å². The van der Waals surface area contributed by atoms with Crippen LogP contribution in [-0.4, -0.2) is 104 Å². The molecule has 5 heterocycles. The summed E-state index contributed by atoms with van der Waals surface area (Å²) in [4.78, 5) is 26.4. The van der Waals surface area contributed by atoms with Gasteiger partial charge in [0.1, 0.15) is 10.9 Å². The lowest BCUT2D eigenvalue weighted by molar-refractivity contribution is 0.0550. The minimum Gasteiger partial charge on any atom is -0.384 e. The van der Waals surface area contributed by atoms with Gasteiger partial charge < -0.3 is 20.5 Å². The average Bonchev–Trinajstić information content (AvgIpc) is 3.70. The van der Waals surface area contributed by atoms with Gasteiger partial charge in [-0.2, -0.15) is 9.52 Å². The third-order valence-corrected chi connectivity index (χ3v) is 10.3. The summed E-state index contributed by atoms with van der Waals surface area (Å²) in [5, 5.41) is 22.9. The summed E-state index contributed by atoms with van der Waals surface area (Å²) in [6.07, 6.45) is 1.69. The first-order valence-corrected chi connectivity index (χ1v) is 15.1. The first-order chi connectivity index (χ1) is 19.2. The number of tetrazole rings is 1. The molecule has 1 atom stereocenters. The van der Waals surface area contributed by atoms with Crippen LogP contribution in [0.25, 0.3) is 10.9 Å². The van der Waals surface area contributed by atoms with Crippen molar-refractivity contribution in [1.29, 1.82) is 5.41 Å². The molecule has 0 aliphatic carbocycles. The number of nitrogens with one attached hydrogen (secondary N) is 3. The van der Waals surface area contributed by atoms with Gasteiger partial charge in [0.2, 0.25) is 0 Å². The molecule has 0 saturated carbocycles. The van der Waals surface area contributed by atoms with Gasteiger partial charge in [0.15, 0.2) is 10.8 Å². The van der Waals surface area contributed by atoms with Crippen molar-refractivity contribution in [2.45, 2.75) is 36.9 Å². The average molecular weight is 584 g/mol. The highest BCUT2D eigenvalue weighted by molar-refractivity contribution is 7.89. The predicted octanol–water partition coefficient (Wildman–Crippen LogP) is 0.558. The highest BCUT2D eigenvalue weighted by atomic mass is 32.2. The normalized spacial score (nSPS) is 18.7. The zero-order chi connectivity index (χ0) is 28.0. The van der Waals surface area contributed by atoms with Crippen LogP contribution in [0.1, 0.15) is 38.2 Å². The molecule has 2 aliphatic heterocycles. The Morgan fingerprint density at radius 3 is 2.88 bits per heavy atom. The number of carbonyl (C=O) groups is 1. The quantitative estimate of drug-likeness (QED) is 0.178. The lowest BCUT2D eigenvalue weighted by Crippen LogP contribution is -2.56. The van der Waals surface area contributed by atoms with Crippen LogP contribution in [0.5, 0.6) is 0 Å². The maximum Gasteiger partial charge on any atom is 0.283 e. The molecule has 1 amide bonds. The molecule has 1 unspecified atom stereocenters. The summed E-state index contributed by atoms with van der Waals surface area (Å²) in [6.45, 7) is 2.17. The molecule has 3 aromatic heterocycles. The third kappa shape index (κ3) is 4.98. The molecule has 210 valence electrons. The van der Waals surface area contributed by atoms with Crippen molar-refractivity contribution in [2.75, 3.05) is 33.2 Å². The Hall–Kier alpha value is -3.73. The largest absolute Gasteiger partial charge is 0.384 e. The first kappa shape index (κ1) is 26.5. The van der Waals surface area contributed by atoms with Crippen LogP contribution >= 0.6 is 11.3 Å². The number of hydrogen-bond acceptors (Lipinski definition) is 10. The summed E-state index contributed by atoms with van der Waals surface area (Å²) in [5.41, 5.74) is 7.72. The molecule has 0 radical (unpaired) electrons. The van der Waals surface area contributed by atoms with Crippen LogP contribution in [0.15, 0.2) is 29.3 Å². The Kier molecular flexibility index (Phi) is 6.85. The second-order valence-corrected chi connectivity index (χ2v) is 13.1. The number of likely N-dealkylation sites (N-methyl/N-ethyl adjacent to an activating group) is 1. The number of sulfonamides is 1. The number of benzene rings is 1. The number of hydrogen-bond donors (Lipinski definition) is 4. The molecule has 16 heteroatoms. The smallest absolute Gasteiger partial charge is 0.283 e. The van der Waals surface area contributed by atoms with Gasteiger partial charge in [-0.15, -0.1) is 21.5 Å². The van der Waals surface area contributed by atoms with Gasteiger partial charge in [-0.3, -0.25) is 10.2 Å². The van der Waals surface area contributed by atoms with Gasteiger partial charge >= 0.3 is 0 Å². The van der Waals surface area contributed by atoms with E-state index in [1.165, 1.54) is 15.6 Å². The molecule has 6 rings (SSSR count). The molecule has 4 aromatic rings. The summed E-state index contributed by atoms with van der Waals surface area (Å²) in [7, 11) is -1.85. The zero-order valence-electron chi connectivity index (χ0n) is 21.8. The minimum absolute atomic E-state index is 0.0524. The number of amides is 1. The Morgan fingerprint density at radius 1 is 1.25 bits per heavy atom. The number of carbonyl (C=O) groups excluding carboxylic acids is 1. The number of H-pyrrole nitrogens is 2. The number of rotatable bonds is 7. The van der Waals surface area contributed by atoms with E-state index < -0.39 is 16.1 Å². The van der Waals surface area contributed by atoms with E-state index >= 15 is 0 Å². The zero-order valence-corrected chi connectivity index (χ0v) is 23.4. The third-order valence-electron chi connectivity index (χ3n) is 7.43. The van der Waals surface area contributed by atoms with E-state index in [0.29, 0.717) is 40.1 Å². The van der Waals surface area contributed by atoms with E-state index in [9.17, 15) is 13.2 Å². The molecule has 40 heavy (non-hydrogen) atoms. The Bertz CT molecular complexity index is 1680. The molecule has 14 nitrogen and oxygen atoms in total. The summed E-state index contributed by atoms with van der Waals surface area (Å²) in [6, 6.07) is 6.21. The molecular weight excluding hydrogens is 554 g/mol. The van der Waals surface area contributed by atoms with Gasteiger partial charge in [0, 0.05) is 73.0 Å². The standard InChI is InChI=1S/C24H29N11O3S2/c1-33-7-6-18-19(13-33)39-23(28-18)24(36)35-9-8-34(12-16(35)3-5-20-29-31-32-30-20)40(37,38)21-11-15-10-14(22(25)26)2-4-17(15)27-21/h2,4,10-11,16,27H,3,5-9,12-13H2,1H3,(H3,25,26)(H,29,30,31,32). The van der Waals surface area contributed by atoms with E-state index in [1.54, 1.807) is 29.2 Å². The number of nitrogens with two attached hydrogens (primary N) is 1. The van der Waals surface area contributed by atoms with Gasteiger partial charge in [-0.25, -0.2) is 13.4 Å². The van der Waals surface area contributed by atoms with Gasteiger partial charge in [0.25, 0.3) is 15.9 Å². The fourth-order valence-corrected chi connectivity index (χ4v) is 7.86. The summed E-state index contributed by atoms with van der Waals surface area (Å²) in [5.74, 6) is 0.224. The number of aryl methyl sites for hydroxylation is 1. The fourth-order valence-electron chi connectivity index (χ4n) is 5.23. The minimum atomic E-state index is -3.90. The van der Waals surface area contributed by atoms with E-state index in [4.69, 9.17) is 11.1 Å². The number of piperazine rings is 1. The highest BCUT2D eigenvalue weighted by Gasteiger charge is 2.38. The molecule has 0 bridgehead atoms. The Morgan fingerprint density at radius 2 is 2.10 bits per heavy atom. The van der Waals surface area contributed by atoms with E-state index in [-0.39, 0.29) is 36.4 Å². The number of fused-ring (bicyclic) bond motifs is 2. The van der Waals surface area contributed by atoms with Crippen molar-refractivity contribution in [1.82, 2.24) is 44.7 Å². The van der Waals surface area contributed by atoms with E-state index in [2.05, 4.69) is 35.5 Å². The maximum absolute atomic E-state index is 13.7. The molecule has 0 spiro atoms. The van der Waals surface area contributed by atoms with Crippen molar-refractivity contribution in [2.24, 2.45) is 5.73 Å². The SMILES string of the molecule is CN1CCc2nc(C(=O)N3CCN(S(=O)(=O)c4cc5cc(C(=N)N)ccc5[nH]4)CC3CCc3nn[nH]n3)sc2C1. The van der Waals surface area contributed by atoms with Crippen LogP contribution < -0.4 is 5.73 Å². The number of aromatic nitrogens is 6. The van der Waals surface area contributed by atoms with Crippen molar-refractivity contribution in [3.05, 3.63) is 51.2 Å². The number of nitrogens with zero attached hydrogens (tertiary/aromatic N) is 7. The summed E-state index contributed by atoms with van der Waals surface area (Å²) < 4.78 is 28.9. The first-order valence-electron chi connectivity index (χ1n) is 12.9. The molecule has 2 aliphatic rings. The van der Waals surface area contributed by atoms with Crippen molar-refractivity contribution in [3.8, 4) is 0 Å². The lowest BCUT2D eigenvalue weighted by atomic mass is 10.1. The summed E-state index contributed by atoms with van der Waals surface area (Å²) >= 11 is 1.42. The topological polar surface area (TPSA) is 194 Å². The number of thiazole rings is 1. The molecular formula is C24H29N11O3S2. The van der Waals surface area contributed by atoms with Crippen LogP contribution in [0, 0.1) is 5.41 Å². The molecule has 1 aromatic carbocycles. The van der Waals surface area contributed by atoms with E-state index in [0.717, 1.165) is 30.1 Å². The van der Waals surface area contributed by atoms with Crippen LogP contribution in [0.4, 0.5) is 0 Å². The van der Waals surface area contributed by atoms with Crippen molar-refractivity contribution >= 4 is 44.0 Å². The Labute approximate surface area is 234 Å². The Balaban J connectivity index is 1.26. The highest BCUT2D eigenvalue weighted by Crippen LogP contribution is 2.29. The van der Waals surface area contributed by atoms with E-state index in [1.807, 2.05) is 7.05 Å². The molecule has 1 saturated heterocycles. The monoisotopic (exact) mass is 583 g/mol. The second-order valence-electron chi connectivity index (χ2n) is 10.1. The van der Waals surface area contributed by atoms with Crippen LogP contribution in [0.2, 0.25) is 0 Å². The second kappa shape index (κ2) is 10.3. The fraction of sp³-hybridized carbons (Fsp3) is 0.417. The maximum atomic E-state index is 13.7. The number of nitrogen functional groups attached to an aromatic ring is 1. The van der Waals surface area contributed by atoms with Crippen molar-refractivity contribution in [3.63, 3.8) is 0 Å². The predicted molar refractivity (Wildman–Crippen MR) is 148 cm³/mol. The van der Waals surface area contributed by atoms with Gasteiger partial charge in [-0.05, 0) is 37.7 Å². The molecule has 5 N–H and O–H groups in total. The van der Waals surface area contributed by atoms with Crippen LogP contribution in [-0.2, 0) is 29.4 Å². The number of amidine groups is 1. The number of aromatic amines is 2.